The van der Waals surface area contributed by atoms with Gasteiger partial charge >= 0.3 is 0 Å². The highest BCUT2D eigenvalue weighted by Crippen LogP contribution is 1.84. The summed E-state index contributed by atoms with van der Waals surface area (Å²) in [6, 6.07) is 0. The molecule has 0 rings (SSSR count). The fourth-order valence-corrected chi connectivity index (χ4v) is 1.12. The molecular formula is C6H15N2O3S+. The van der Waals surface area contributed by atoms with E-state index in [1.54, 1.807) is 17.8 Å². The summed E-state index contributed by atoms with van der Waals surface area (Å²) in [4.78, 5) is 0. The molecule has 72 valence electrons. The van der Waals surface area contributed by atoms with Crippen LogP contribution in [0.25, 0.3) is 0 Å². The number of hydrogen-bond donors (Lipinski definition) is 2. The molecule has 6 heteroatoms. The van der Waals surface area contributed by atoms with E-state index in [0.717, 1.165) is 0 Å². The van der Waals surface area contributed by atoms with E-state index < -0.39 is 10.1 Å². The third-order valence-corrected chi connectivity index (χ3v) is 2.05. The summed E-state index contributed by atoms with van der Waals surface area (Å²) < 4.78 is 30.7. The average Bonchev–Trinajstić information content (AvgIpc) is 1.84. The lowest BCUT2D eigenvalue weighted by Crippen LogP contribution is -2.18. The van der Waals surface area contributed by atoms with Crippen LogP contribution in [0.5, 0.6) is 0 Å². The van der Waals surface area contributed by atoms with Crippen LogP contribution in [0.2, 0.25) is 0 Å². The number of nitrogens with two attached hydrogens (primary N) is 1. The van der Waals surface area contributed by atoms with Gasteiger partial charge in [-0.2, -0.15) is 8.42 Å². The van der Waals surface area contributed by atoms with E-state index >= 15 is 0 Å². The second kappa shape index (κ2) is 5.23. The van der Waals surface area contributed by atoms with Crippen molar-refractivity contribution in [2.24, 2.45) is 5.73 Å². The molecule has 0 unspecified atom stereocenters. The summed E-state index contributed by atoms with van der Waals surface area (Å²) in [6.45, 7) is 1.21. The van der Waals surface area contributed by atoms with Crippen molar-refractivity contribution < 1.29 is 17.5 Å². The van der Waals surface area contributed by atoms with Gasteiger partial charge in [-0.25, -0.2) is 4.58 Å². The molecule has 12 heavy (non-hydrogen) atoms. The molecule has 0 aromatic rings. The summed E-state index contributed by atoms with van der Waals surface area (Å²) in [5.41, 5.74) is 5.26. The first-order valence-corrected chi connectivity index (χ1v) is 5.25. The molecule has 0 aromatic heterocycles. The Hall–Kier alpha value is -0.460. The minimum Gasteiger partial charge on any atom is -0.325 e. The van der Waals surface area contributed by atoms with Crippen LogP contribution < -0.4 is 5.73 Å². The Kier molecular flexibility index (Phi) is 5.03. The highest BCUT2D eigenvalue weighted by molar-refractivity contribution is 7.85. The SMILES string of the molecule is C/[N+](=C/CCS(=O)(=O)O)CCN. The second-order valence-electron chi connectivity index (χ2n) is 2.53. The van der Waals surface area contributed by atoms with Crippen molar-refractivity contribution in [2.75, 3.05) is 25.9 Å². The Bertz CT molecular complexity index is 246. The Balaban J connectivity index is 3.75. The van der Waals surface area contributed by atoms with E-state index in [2.05, 4.69) is 0 Å². The van der Waals surface area contributed by atoms with Gasteiger partial charge in [-0.3, -0.25) is 4.55 Å². The summed E-state index contributed by atoms with van der Waals surface area (Å²) in [6.07, 6.45) is 2.01. The molecule has 0 bridgehead atoms. The van der Waals surface area contributed by atoms with Crippen molar-refractivity contribution in [1.82, 2.24) is 0 Å². The zero-order valence-corrected chi connectivity index (χ0v) is 7.92. The van der Waals surface area contributed by atoms with Gasteiger partial charge in [0.1, 0.15) is 13.3 Å². The highest BCUT2D eigenvalue weighted by Gasteiger charge is 2.03. The van der Waals surface area contributed by atoms with Gasteiger partial charge in [-0.15, -0.1) is 0 Å². The Morgan fingerprint density at radius 2 is 2.17 bits per heavy atom. The predicted octanol–water partition coefficient (Wildman–Crippen LogP) is -1.06. The molecule has 0 aliphatic carbocycles. The van der Waals surface area contributed by atoms with E-state index in [-0.39, 0.29) is 5.75 Å². The van der Waals surface area contributed by atoms with Crippen molar-refractivity contribution in [3.05, 3.63) is 0 Å². The van der Waals surface area contributed by atoms with Crippen molar-refractivity contribution in [3.8, 4) is 0 Å². The number of likely N-dealkylation sites (N-methyl/N-ethyl adjacent to an activating group) is 1. The Morgan fingerprint density at radius 3 is 2.58 bits per heavy atom. The zero-order chi connectivity index (χ0) is 9.61. The summed E-state index contributed by atoms with van der Waals surface area (Å²) >= 11 is 0. The highest BCUT2D eigenvalue weighted by atomic mass is 32.2. The molecule has 0 fully saturated rings. The van der Waals surface area contributed by atoms with Crippen molar-refractivity contribution in [1.29, 1.82) is 0 Å². The maximum Gasteiger partial charge on any atom is 0.265 e. The molecule has 0 aromatic carbocycles. The monoisotopic (exact) mass is 195 g/mol. The van der Waals surface area contributed by atoms with Crippen LogP contribution >= 0.6 is 0 Å². The molecule has 3 N–H and O–H groups in total. The van der Waals surface area contributed by atoms with Crippen molar-refractivity contribution in [2.45, 2.75) is 6.42 Å². The summed E-state index contributed by atoms with van der Waals surface area (Å²) in [5.74, 6) is -0.234. The third-order valence-electron chi connectivity index (χ3n) is 1.30. The minimum absolute atomic E-state index is 0.234. The molecule has 0 saturated heterocycles. The molecule has 0 aliphatic rings. The number of hydrogen-bond acceptors (Lipinski definition) is 3. The van der Waals surface area contributed by atoms with Crippen LogP contribution in [0.1, 0.15) is 6.42 Å². The van der Waals surface area contributed by atoms with Gasteiger partial charge in [0.15, 0.2) is 6.54 Å². The summed E-state index contributed by atoms with van der Waals surface area (Å²) in [5, 5.41) is 0. The van der Waals surface area contributed by atoms with Gasteiger partial charge in [-0.05, 0) is 0 Å². The molecule has 0 radical (unpaired) electrons. The molecule has 5 nitrogen and oxygen atoms in total. The van der Waals surface area contributed by atoms with E-state index in [1.165, 1.54) is 0 Å². The lowest BCUT2D eigenvalue weighted by molar-refractivity contribution is -0.490. The van der Waals surface area contributed by atoms with Gasteiger partial charge in [0.2, 0.25) is 0 Å². The van der Waals surface area contributed by atoms with E-state index in [1.807, 2.05) is 0 Å². The molecule has 0 amide bonds. The van der Waals surface area contributed by atoms with Gasteiger partial charge in [0, 0.05) is 6.42 Å². The van der Waals surface area contributed by atoms with Crippen LogP contribution in [0, 0.1) is 0 Å². The third kappa shape index (κ3) is 7.64. The van der Waals surface area contributed by atoms with E-state index in [0.29, 0.717) is 19.5 Å². The van der Waals surface area contributed by atoms with Crippen molar-refractivity contribution >= 4 is 16.3 Å². The smallest absolute Gasteiger partial charge is 0.265 e. The quantitative estimate of drug-likeness (QED) is 0.332. The standard InChI is InChI=1S/C6H14N2O3S/c1-8(5-3-7)4-2-6-12(9,10)11/h4H,2-3,5-7H2,1H3/p+1/b8-4-. The van der Waals surface area contributed by atoms with Gasteiger partial charge in [0.05, 0.1) is 12.3 Å². The molecule has 0 spiro atoms. The van der Waals surface area contributed by atoms with Crippen LogP contribution in [0.15, 0.2) is 0 Å². The Labute approximate surface area is 72.6 Å². The van der Waals surface area contributed by atoms with Crippen LogP contribution in [0.4, 0.5) is 0 Å². The van der Waals surface area contributed by atoms with Crippen LogP contribution in [-0.2, 0) is 10.1 Å². The van der Waals surface area contributed by atoms with Crippen LogP contribution in [-0.4, -0.2) is 49.7 Å². The number of nitrogens with zero attached hydrogens (tertiary/aromatic N) is 1. The fourth-order valence-electron chi connectivity index (χ4n) is 0.717. The number of rotatable bonds is 5. The first-order valence-electron chi connectivity index (χ1n) is 3.64. The average molecular weight is 195 g/mol. The van der Waals surface area contributed by atoms with Crippen molar-refractivity contribution in [3.63, 3.8) is 0 Å². The molecule has 0 aliphatic heterocycles. The van der Waals surface area contributed by atoms with E-state index in [4.69, 9.17) is 10.3 Å². The van der Waals surface area contributed by atoms with Crippen LogP contribution in [0.3, 0.4) is 0 Å². The lowest BCUT2D eigenvalue weighted by atomic mass is 10.5. The largest absolute Gasteiger partial charge is 0.325 e. The second-order valence-corrected chi connectivity index (χ2v) is 4.10. The Morgan fingerprint density at radius 1 is 1.58 bits per heavy atom. The predicted molar refractivity (Wildman–Crippen MR) is 47.2 cm³/mol. The summed E-state index contributed by atoms with van der Waals surface area (Å²) in [7, 11) is -2.02. The topological polar surface area (TPSA) is 83.4 Å². The first kappa shape index (κ1) is 11.5. The van der Waals surface area contributed by atoms with E-state index in [9.17, 15) is 8.42 Å². The lowest BCUT2D eigenvalue weighted by Gasteiger charge is -1.93. The molecule has 0 saturated carbocycles. The maximum absolute atomic E-state index is 10.3. The molecule has 0 atom stereocenters. The fraction of sp³-hybridized carbons (Fsp3) is 0.833. The van der Waals surface area contributed by atoms with Gasteiger partial charge in [0.25, 0.3) is 10.1 Å². The van der Waals surface area contributed by atoms with Gasteiger partial charge < -0.3 is 5.73 Å². The van der Waals surface area contributed by atoms with Gasteiger partial charge in [-0.1, -0.05) is 0 Å². The normalized spacial score (nSPS) is 13.4. The first-order chi connectivity index (χ1) is 5.45. The molecular weight excluding hydrogens is 180 g/mol. The zero-order valence-electron chi connectivity index (χ0n) is 7.10. The minimum atomic E-state index is -3.82. The maximum atomic E-state index is 10.3. The molecule has 0 heterocycles.